The number of para-hydroxylation sites is 4. The first kappa shape index (κ1) is 32.7. The van der Waals surface area contributed by atoms with Crippen molar-refractivity contribution in [2.75, 3.05) is 9.80 Å². The van der Waals surface area contributed by atoms with Crippen LogP contribution in [-0.4, -0.2) is 0 Å². The highest BCUT2D eigenvalue weighted by molar-refractivity contribution is 6.26. The van der Waals surface area contributed by atoms with Gasteiger partial charge in [-0.2, -0.15) is 0 Å². The normalized spacial score (nSPS) is 11.8. The van der Waals surface area contributed by atoms with E-state index in [0.29, 0.717) is 17.1 Å². The van der Waals surface area contributed by atoms with Crippen LogP contribution < -0.4 is 14.5 Å². The lowest BCUT2D eigenvalue weighted by atomic mass is 9.87. The highest BCUT2D eigenvalue weighted by Crippen LogP contribution is 2.53. The zero-order chi connectivity index (χ0) is 37.2. The third kappa shape index (κ3) is 5.39. The van der Waals surface area contributed by atoms with Crippen LogP contribution in [0.2, 0.25) is 0 Å². The number of fused-ring (bicyclic) bond motifs is 6. The predicted octanol–water partition coefficient (Wildman–Crippen LogP) is 14.8. The molecule has 1 aliphatic heterocycles. The highest BCUT2D eigenvalue weighted by Gasteiger charge is 2.27. The molecule has 0 atom stereocenters. The fourth-order valence-electron chi connectivity index (χ4n) is 8.19. The van der Waals surface area contributed by atoms with Crippen LogP contribution in [0.3, 0.4) is 0 Å². The molecule has 0 bridgehead atoms. The summed E-state index contributed by atoms with van der Waals surface area (Å²) in [5, 5.41) is 6.30. The molecule has 0 saturated heterocycles. The summed E-state index contributed by atoms with van der Waals surface area (Å²) in [6, 6.07) is 55.0. The number of hydrogen-bond acceptors (Lipinski definition) is 3. The minimum atomic E-state index is -0.315. The summed E-state index contributed by atoms with van der Waals surface area (Å²) in [7, 11) is 0. The summed E-state index contributed by atoms with van der Waals surface area (Å²) >= 11 is 0. The first-order chi connectivity index (χ1) is 26.9. The average Bonchev–Trinajstić information content (AvgIpc) is 3.20. The first-order valence-electron chi connectivity index (χ1n) is 18.4. The minimum absolute atomic E-state index is 0.301. The van der Waals surface area contributed by atoms with Gasteiger partial charge in [0.05, 0.1) is 17.1 Å². The van der Waals surface area contributed by atoms with Crippen LogP contribution in [0.15, 0.2) is 170 Å². The molecule has 0 aromatic heterocycles. The van der Waals surface area contributed by atoms with Crippen molar-refractivity contribution >= 4 is 66.4 Å². The highest BCUT2D eigenvalue weighted by atomic mass is 19.1. The lowest BCUT2D eigenvalue weighted by Gasteiger charge is -2.30. The second-order valence-corrected chi connectivity index (χ2v) is 14.2. The van der Waals surface area contributed by atoms with Gasteiger partial charge in [0.1, 0.15) is 23.1 Å². The van der Waals surface area contributed by atoms with Crippen molar-refractivity contribution in [2.45, 2.75) is 13.8 Å². The van der Waals surface area contributed by atoms with Gasteiger partial charge in [0.2, 0.25) is 0 Å². The van der Waals surface area contributed by atoms with E-state index in [-0.39, 0.29) is 11.6 Å². The van der Waals surface area contributed by atoms with Crippen LogP contribution >= 0.6 is 0 Å². The topological polar surface area (TPSA) is 15.7 Å². The molecule has 0 fully saturated rings. The van der Waals surface area contributed by atoms with Crippen molar-refractivity contribution in [2.24, 2.45) is 0 Å². The Labute approximate surface area is 317 Å². The Hall–Kier alpha value is -6.98. The van der Waals surface area contributed by atoms with Crippen molar-refractivity contribution in [3.63, 3.8) is 0 Å². The molecule has 10 rings (SSSR count). The molecule has 0 aliphatic carbocycles. The summed E-state index contributed by atoms with van der Waals surface area (Å²) in [5.41, 5.74) is 8.49. The zero-order valence-electron chi connectivity index (χ0n) is 30.2. The minimum Gasteiger partial charge on any atom is -0.456 e. The van der Waals surface area contributed by atoms with Crippen molar-refractivity contribution in [3.8, 4) is 22.6 Å². The molecular formula is C50H34F2N2O. The predicted molar refractivity (Wildman–Crippen MR) is 223 cm³/mol. The van der Waals surface area contributed by atoms with E-state index in [1.165, 1.54) is 12.1 Å². The van der Waals surface area contributed by atoms with E-state index in [1.807, 2.05) is 101 Å². The fourth-order valence-corrected chi connectivity index (χ4v) is 8.19. The van der Waals surface area contributed by atoms with Gasteiger partial charge in [0.25, 0.3) is 0 Å². The van der Waals surface area contributed by atoms with Crippen LogP contribution in [-0.2, 0) is 0 Å². The number of anilines is 6. The van der Waals surface area contributed by atoms with E-state index in [0.717, 1.165) is 83.1 Å². The number of benzene rings is 9. The summed E-state index contributed by atoms with van der Waals surface area (Å²) in [6.07, 6.45) is 0. The molecule has 9 aromatic rings. The lowest BCUT2D eigenvalue weighted by molar-refractivity contribution is 0.487. The third-order valence-corrected chi connectivity index (χ3v) is 10.6. The number of rotatable bonds is 6. The van der Waals surface area contributed by atoms with Crippen LogP contribution in [0.1, 0.15) is 11.1 Å². The molecule has 1 heterocycles. The van der Waals surface area contributed by atoms with Crippen LogP contribution in [0.4, 0.5) is 42.9 Å². The summed E-state index contributed by atoms with van der Waals surface area (Å²) in [4.78, 5) is 3.95. The molecule has 9 aromatic carbocycles. The van der Waals surface area contributed by atoms with Gasteiger partial charge in [-0.3, -0.25) is 0 Å². The lowest BCUT2D eigenvalue weighted by Crippen LogP contribution is -2.12. The number of nitrogens with zero attached hydrogens (tertiary/aromatic N) is 2. The molecule has 0 saturated carbocycles. The second-order valence-electron chi connectivity index (χ2n) is 14.2. The van der Waals surface area contributed by atoms with E-state index in [4.69, 9.17) is 4.74 Å². The van der Waals surface area contributed by atoms with Gasteiger partial charge in [0.15, 0.2) is 0 Å². The standard InChI is InChI=1S/C50H34F2N2O/c1-31-21-23-36-38(25-31)39-29-42-37-24-22-35(53(33-13-5-3-6-14-33)45-19-11-9-17-43(45)51)28-48(37)55-49-27-32(2)26-41(50(42)49)40(39)30-47(36)54(34-15-7-4-8-16-34)46-20-12-10-18-44(46)52/h3-30H,1-2H3. The largest absolute Gasteiger partial charge is 0.456 e. The second kappa shape index (κ2) is 12.9. The van der Waals surface area contributed by atoms with Gasteiger partial charge >= 0.3 is 0 Å². The van der Waals surface area contributed by atoms with E-state index >= 15 is 8.78 Å². The van der Waals surface area contributed by atoms with Gasteiger partial charge in [-0.1, -0.05) is 90.5 Å². The van der Waals surface area contributed by atoms with Gasteiger partial charge in [-0.25, -0.2) is 8.78 Å². The Morgan fingerprint density at radius 1 is 0.382 bits per heavy atom. The third-order valence-electron chi connectivity index (χ3n) is 10.6. The summed E-state index contributed by atoms with van der Waals surface area (Å²) in [5.74, 6) is 0.836. The SMILES string of the molecule is Cc1ccc2c(N(c3ccccc3)c3ccccc3F)cc3c4cc(C)cc5c4c(cc3c2c1)-c1ccc(N(c2ccccc2)c2ccccc2F)cc1O5. The van der Waals surface area contributed by atoms with Crippen molar-refractivity contribution in [3.05, 3.63) is 193 Å². The molecule has 3 nitrogen and oxygen atoms in total. The quantitative estimate of drug-likeness (QED) is 0.159. The molecule has 264 valence electrons. The zero-order valence-corrected chi connectivity index (χ0v) is 30.2. The molecule has 0 N–H and O–H groups in total. The molecular weight excluding hydrogens is 683 g/mol. The molecule has 1 aliphatic rings. The maximum atomic E-state index is 15.8. The molecule has 5 heteroatoms. The maximum absolute atomic E-state index is 15.8. The Morgan fingerprint density at radius 2 is 0.964 bits per heavy atom. The number of aryl methyl sites for hydroxylation is 2. The van der Waals surface area contributed by atoms with Gasteiger partial charge in [0, 0.05) is 39.5 Å². The molecule has 0 amide bonds. The van der Waals surface area contributed by atoms with Crippen molar-refractivity contribution < 1.29 is 13.5 Å². The van der Waals surface area contributed by atoms with Gasteiger partial charge in [-0.05, 0) is 125 Å². The van der Waals surface area contributed by atoms with E-state index in [9.17, 15) is 0 Å². The van der Waals surface area contributed by atoms with E-state index < -0.39 is 0 Å². The molecule has 0 unspecified atom stereocenters. The Morgan fingerprint density at radius 3 is 1.65 bits per heavy atom. The van der Waals surface area contributed by atoms with E-state index in [2.05, 4.69) is 62.4 Å². The Kier molecular flexibility index (Phi) is 7.63. The molecule has 0 spiro atoms. The Balaban J connectivity index is 1.24. The molecule has 55 heavy (non-hydrogen) atoms. The van der Waals surface area contributed by atoms with Gasteiger partial charge < -0.3 is 14.5 Å². The maximum Gasteiger partial charge on any atom is 0.147 e. The van der Waals surface area contributed by atoms with E-state index in [1.54, 1.807) is 18.2 Å². The van der Waals surface area contributed by atoms with Crippen LogP contribution in [0.25, 0.3) is 43.4 Å². The van der Waals surface area contributed by atoms with Crippen LogP contribution in [0, 0.1) is 25.5 Å². The first-order valence-corrected chi connectivity index (χ1v) is 18.4. The molecule has 0 radical (unpaired) electrons. The number of halogens is 2. The smallest absolute Gasteiger partial charge is 0.147 e. The summed E-state index contributed by atoms with van der Waals surface area (Å²) in [6.45, 7) is 4.19. The monoisotopic (exact) mass is 716 g/mol. The number of ether oxygens (including phenoxy) is 1. The fraction of sp³-hybridized carbons (Fsp3) is 0.0400. The summed E-state index contributed by atoms with van der Waals surface area (Å²) < 4.78 is 38.1. The number of hydrogen-bond donors (Lipinski definition) is 0. The van der Waals surface area contributed by atoms with Crippen LogP contribution in [0.5, 0.6) is 11.5 Å². The Bertz CT molecular complexity index is 2960. The van der Waals surface area contributed by atoms with Gasteiger partial charge in [-0.15, -0.1) is 0 Å². The van der Waals surface area contributed by atoms with Crippen molar-refractivity contribution in [1.82, 2.24) is 0 Å². The average molecular weight is 717 g/mol. The van der Waals surface area contributed by atoms with Crippen molar-refractivity contribution in [1.29, 1.82) is 0 Å².